The summed E-state index contributed by atoms with van der Waals surface area (Å²) in [4.78, 5) is 16.2. The number of nitrogen functional groups attached to an aromatic ring is 1. The van der Waals surface area contributed by atoms with Crippen LogP contribution in [0.4, 0.5) is 11.8 Å². The Kier molecular flexibility index (Phi) is 5.13. The zero-order valence-electron chi connectivity index (χ0n) is 16.9. The molecule has 1 aliphatic heterocycles. The van der Waals surface area contributed by atoms with Crippen molar-refractivity contribution >= 4 is 22.8 Å². The monoisotopic (exact) mass is 376 g/mol. The highest BCUT2D eigenvalue weighted by atomic mass is 15.2. The summed E-state index contributed by atoms with van der Waals surface area (Å²) in [7, 11) is 0. The van der Waals surface area contributed by atoms with Crippen LogP contribution in [-0.2, 0) is 6.54 Å². The van der Waals surface area contributed by atoms with Gasteiger partial charge in [-0.3, -0.25) is 4.90 Å². The molecular formula is C22H28N6. The van der Waals surface area contributed by atoms with Crippen LogP contribution in [0.5, 0.6) is 0 Å². The van der Waals surface area contributed by atoms with Crippen LogP contribution in [-0.4, -0.2) is 39.0 Å². The summed E-state index contributed by atoms with van der Waals surface area (Å²) in [6.07, 6.45) is 2.13. The average molecular weight is 377 g/mol. The Morgan fingerprint density at radius 2 is 1.79 bits per heavy atom. The molecule has 1 aromatic carbocycles. The smallest absolute Gasteiger partial charge is 0.226 e. The van der Waals surface area contributed by atoms with Gasteiger partial charge in [-0.05, 0) is 56.4 Å². The first-order valence-corrected chi connectivity index (χ1v) is 9.94. The zero-order chi connectivity index (χ0) is 19.7. The van der Waals surface area contributed by atoms with E-state index in [-0.39, 0.29) is 0 Å². The van der Waals surface area contributed by atoms with Gasteiger partial charge in [-0.2, -0.15) is 9.97 Å². The molecule has 1 fully saturated rings. The van der Waals surface area contributed by atoms with Gasteiger partial charge in [0.05, 0.1) is 5.39 Å². The lowest BCUT2D eigenvalue weighted by molar-refractivity contribution is 0.210. The van der Waals surface area contributed by atoms with Crippen molar-refractivity contribution in [3.05, 3.63) is 52.7 Å². The van der Waals surface area contributed by atoms with E-state index in [9.17, 15) is 0 Å². The third-order valence-electron chi connectivity index (χ3n) is 5.60. The fourth-order valence-electron chi connectivity index (χ4n) is 4.02. The maximum absolute atomic E-state index is 6.20. The summed E-state index contributed by atoms with van der Waals surface area (Å²) in [5.41, 5.74) is 11.7. The second kappa shape index (κ2) is 7.72. The van der Waals surface area contributed by atoms with Crippen molar-refractivity contribution in [2.24, 2.45) is 0 Å². The van der Waals surface area contributed by atoms with Gasteiger partial charge in [0.2, 0.25) is 5.95 Å². The summed E-state index contributed by atoms with van der Waals surface area (Å²) in [5.74, 6) is 1.08. The molecular weight excluding hydrogens is 348 g/mol. The van der Waals surface area contributed by atoms with Crippen molar-refractivity contribution < 1.29 is 0 Å². The zero-order valence-corrected chi connectivity index (χ0v) is 16.9. The number of rotatable bonds is 4. The third-order valence-corrected chi connectivity index (χ3v) is 5.60. The van der Waals surface area contributed by atoms with Crippen LogP contribution in [0.25, 0.3) is 11.0 Å². The molecule has 6 nitrogen and oxygen atoms in total. The van der Waals surface area contributed by atoms with Crippen molar-refractivity contribution in [2.75, 3.05) is 24.1 Å². The Morgan fingerprint density at radius 3 is 2.54 bits per heavy atom. The number of anilines is 2. The molecule has 2 aromatic heterocycles. The number of fused-ring (bicyclic) bond motifs is 1. The van der Waals surface area contributed by atoms with Crippen LogP contribution < -0.4 is 11.1 Å². The molecule has 0 bridgehead atoms. The Morgan fingerprint density at radius 1 is 1.04 bits per heavy atom. The predicted molar refractivity (Wildman–Crippen MR) is 114 cm³/mol. The Balaban J connectivity index is 1.42. The maximum Gasteiger partial charge on any atom is 0.226 e. The van der Waals surface area contributed by atoms with E-state index in [1.807, 2.05) is 19.9 Å². The predicted octanol–water partition coefficient (Wildman–Crippen LogP) is 3.61. The second-order valence-electron chi connectivity index (χ2n) is 7.83. The second-order valence-corrected chi connectivity index (χ2v) is 7.83. The molecule has 146 valence electrons. The first-order chi connectivity index (χ1) is 13.5. The van der Waals surface area contributed by atoms with Gasteiger partial charge in [-0.1, -0.05) is 24.3 Å². The molecule has 0 amide bonds. The van der Waals surface area contributed by atoms with Gasteiger partial charge in [0.1, 0.15) is 5.82 Å². The molecule has 0 saturated carbocycles. The number of hydrogen-bond acceptors (Lipinski definition) is 6. The number of benzene rings is 1. The molecule has 1 saturated heterocycles. The van der Waals surface area contributed by atoms with Crippen LogP contribution in [0.15, 0.2) is 30.3 Å². The fraction of sp³-hybridized carbons (Fsp3) is 0.409. The molecule has 3 N–H and O–H groups in total. The number of nitrogens with one attached hydrogen (secondary N) is 1. The largest absolute Gasteiger partial charge is 0.383 e. The number of likely N-dealkylation sites (tertiary alicyclic amines) is 1. The van der Waals surface area contributed by atoms with Gasteiger partial charge in [0.15, 0.2) is 5.65 Å². The lowest BCUT2D eigenvalue weighted by Crippen LogP contribution is -2.39. The van der Waals surface area contributed by atoms with E-state index in [1.165, 1.54) is 11.1 Å². The van der Waals surface area contributed by atoms with Crippen molar-refractivity contribution in [1.82, 2.24) is 19.9 Å². The van der Waals surface area contributed by atoms with E-state index in [4.69, 9.17) is 5.73 Å². The molecule has 0 radical (unpaired) electrons. The molecule has 0 unspecified atom stereocenters. The number of hydrogen-bond donors (Lipinski definition) is 2. The van der Waals surface area contributed by atoms with Gasteiger partial charge in [-0.25, -0.2) is 4.98 Å². The molecule has 6 heteroatoms. The number of piperidine rings is 1. The highest BCUT2D eigenvalue weighted by Crippen LogP contribution is 2.24. The normalized spacial score (nSPS) is 15.8. The number of nitrogens with zero attached hydrogens (tertiary/aromatic N) is 4. The van der Waals surface area contributed by atoms with Gasteiger partial charge in [0, 0.05) is 31.4 Å². The first-order valence-electron chi connectivity index (χ1n) is 9.94. The minimum Gasteiger partial charge on any atom is -0.383 e. The van der Waals surface area contributed by atoms with E-state index >= 15 is 0 Å². The lowest BCUT2D eigenvalue weighted by Gasteiger charge is -2.32. The van der Waals surface area contributed by atoms with Crippen LogP contribution in [0.1, 0.15) is 35.2 Å². The molecule has 0 aliphatic carbocycles. The molecule has 4 rings (SSSR count). The highest BCUT2D eigenvalue weighted by molar-refractivity contribution is 5.89. The highest BCUT2D eigenvalue weighted by Gasteiger charge is 2.21. The minimum absolute atomic E-state index is 0.357. The molecule has 0 spiro atoms. The number of pyridine rings is 1. The van der Waals surface area contributed by atoms with E-state index in [0.29, 0.717) is 23.5 Å². The SMILES string of the molecule is Cc1cc(C)c2c(N)nc(NC3CCN(Cc4ccccc4C)CC3)nc2n1. The molecule has 3 aromatic rings. The first kappa shape index (κ1) is 18.6. The van der Waals surface area contributed by atoms with E-state index < -0.39 is 0 Å². The van der Waals surface area contributed by atoms with Gasteiger partial charge in [-0.15, -0.1) is 0 Å². The fourth-order valence-corrected chi connectivity index (χ4v) is 4.02. The maximum atomic E-state index is 6.20. The van der Waals surface area contributed by atoms with E-state index in [1.54, 1.807) is 0 Å². The number of aromatic nitrogens is 3. The molecule has 1 aliphatic rings. The topological polar surface area (TPSA) is 80.0 Å². The van der Waals surface area contributed by atoms with Crippen LogP contribution in [0.3, 0.4) is 0 Å². The average Bonchev–Trinajstić information content (AvgIpc) is 2.64. The molecule has 0 atom stereocenters. The number of nitrogens with two attached hydrogens (primary N) is 1. The molecule has 3 heterocycles. The summed E-state index contributed by atoms with van der Waals surface area (Å²) < 4.78 is 0. The van der Waals surface area contributed by atoms with E-state index in [2.05, 4.69) is 56.4 Å². The van der Waals surface area contributed by atoms with Crippen LogP contribution in [0.2, 0.25) is 0 Å². The van der Waals surface area contributed by atoms with Crippen LogP contribution in [0, 0.1) is 20.8 Å². The van der Waals surface area contributed by atoms with Gasteiger partial charge >= 0.3 is 0 Å². The molecule has 28 heavy (non-hydrogen) atoms. The quantitative estimate of drug-likeness (QED) is 0.724. The van der Waals surface area contributed by atoms with Crippen molar-refractivity contribution in [3.8, 4) is 0 Å². The van der Waals surface area contributed by atoms with E-state index in [0.717, 1.165) is 49.1 Å². The minimum atomic E-state index is 0.357. The Bertz CT molecular complexity index is 992. The van der Waals surface area contributed by atoms with Gasteiger partial charge < -0.3 is 11.1 Å². The Hall–Kier alpha value is -2.73. The summed E-state index contributed by atoms with van der Waals surface area (Å²) in [6.45, 7) is 9.32. The Labute approximate surface area is 166 Å². The van der Waals surface area contributed by atoms with Crippen molar-refractivity contribution in [1.29, 1.82) is 0 Å². The summed E-state index contributed by atoms with van der Waals surface area (Å²) in [5, 5.41) is 4.33. The summed E-state index contributed by atoms with van der Waals surface area (Å²) in [6, 6.07) is 11.0. The van der Waals surface area contributed by atoms with Crippen molar-refractivity contribution in [2.45, 2.75) is 46.2 Å². The van der Waals surface area contributed by atoms with Crippen molar-refractivity contribution in [3.63, 3.8) is 0 Å². The third kappa shape index (κ3) is 3.92. The number of aryl methyl sites for hydroxylation is 3. The lowest BCUT2D eigenvalue weighted by atomic mass is 10.0. The standard InChI is InChI=1S/C22H28N6/c1-14-6-4-5-7-17(14)13-28-10-8-18(9-11-28)25-22-26-20(23)19-15(2)12-16(3)24-21(19)27-22/h4-7,12,18H,8-11,13H2,1-3H3,(H3,23,24,25,26,27). The van der Waals surface area contributed by atoms with Crippen LogP contribution >= 0.6 is 0 Å². The van der Waals surface area contributed by atoms with Gasteiger partial charge in [0.25, 0.3) is 0 Å². The summed E-state index contributed by atoms with van der Waals surface area (Å²) >= 11 is 0.